The number of nitriles is 1. The molecule has 0 aliphatic heterocycles. The van der Waals surface area contributed by atoms with Gasteiger partial charge in [-0.15, -0.1) is 0 Å². The maximum atomic E-state index is 9.39. The number of nitrogens with zero attached hydrogens (tertiary/aromatic N) is 1. The summed E-state index contributed by atoms with van der Waals surface area (Å²) in [6, 6.07) is 2.77. The largest absolute Gasteiger partial charge is 0.382 e. The molecule has 1 N–H and O–H groups in total. The zero-order valence-corrected chi connectivity index (χ0v) is 11.2. The fourth-order valence-electron chi connectivity index (χ4n) is 2.48. The Bertz CT molecular complexity index is 263. The zero-order valence-electron chi connectivity index (χ0n) is 11.2. The Kier molecular flexibility index (Phi) is 5.90. The summed E-state index contributed by atoms with van der Waals surface area (Å²) in [5.74, 6) is 0. The van der Waals surface area contributed by atoms with Gasteiger partial charge in [-0.2, -0.15) is 5.26 Å². The lowest BCUT2D eigenvalue weighted by atomic mass is 9.80. The smallest absolute Gasteiger partial charge is 0.109 e. The van der Waals surface area contributed by atoms with Crippen LogP contribution in [0.2, 0.25) is 0 Å². The third kappa shape index (κ3) is 4.63. The van der Waals surface area contributed by atoms with Crippen molar-refractivity contribution >= 4 is 0 Å². The summed E-state index contributed by atoms with van der Waals surface area (Å²) in [5, 5.41) is 12.8. The van der Waals surface area contributed by atoms with E-state index in [-0.39, 0.29) is 6.10 Å². The number of methoxy groups -OCH3 is 1. The fourth-order valence-corrected chi connectivity index (χ4v) is 2.48. The first-order valence-corrected chi connectivity index (χ1v) is 6.41. The standard InChI is InChI=1S/C13H24N2O2/c1-11(2)15-13(10-14)6-4-5-12(9-13)17-8-7-16-3/h11-12,15H,4-9H2,1-3H3. The molecule has 0 bridgehead atoms. The molecule has 17 heavy (non-hydrogen) atoms. The lowest BCUT2D eigenvalue weighted by Crippen LogP contribution is -2.52. The highest BCUT2D eigenvalue weighted by Gasteiger charge is 2.37. The van der Waals surface area contributed by atoms with Gasteiger partial charge in [-0.1, -0.05) is 0 Å². The summed E-state index contributed by atoms with van der Waals surface area (Å²) in [5.41, 5.74) is -0.399. The molecule has 0 heterocycles. The normalized spacial score (nSPS) is 29.2. The van der Waals surface area contributed by atoms with Gasteiger partial charge in [-0.05, 0) is 33.1 Å². The average Bonchev–Trinajstić information content (AvgIpc) is 2.29. The molecule has 0 aromatic carbocycles. The van der Waals surface area contributed by atoms with Crippen LogP contribution < -0.4 is 5.32 Å². The minimum absolute atomic E-state index is 0.185. The summed E-state index contributed by atoms with van der Waals surface area (Å²) < 4.78 is 10.7. The molecule has 0 spiro atoms. The number of hydrogen-bond donors (Lipinski definition) is 1. The van der Waals surface area contributed by atoms with Crippen molar-refractivity contribution in [2.45, 2.75) is 57.2 Å². The Hall–Kier alpha value is -0.630. The molecule has 1 rings (SSSR count). The van der Waals surface area contributed by atoms with Crippen LogP contribution in [0.1, 0.15) is 39.5 Å². The third-order valence-electron chi connectivity index (χ3n) is 3.13. The van der Waals surface area contributed by atoms with E-state index in [1.807, 2.05) is 0 Å². The van der Waals surface area contributed by atoms with Gasteiger partial charge in [-0.3, -0.25) is 5.32 Å². The van der Waals surface area contributed by atoms with Crippen LogP contribution in [0.25, 0.3) is 0 Å². The summed E-state index contributed by atoms with van der Waals surface area (Å²) in [6.45, 7) is 5.39. The van der Waals surface area contributed by atoms with E-state index < -0.39 is 5.54 Å². The van der Waals surface area contributed by atoms with E-state index in [1.54, 1.807) is 7.11 Å². The van der Waals surface area contributed by atoms with Crippen LogP contribution >= 0.6 is 0 Å². The molecule has 98 valence electrons. The summed E-state index contributed by atoms with van der Waals surface area (Å²) in [7, 11) is 1.67. The molecule has 4 nitrogen and oxygen atoms in total. The molecule has 0 radical (unpaired) electrons. The van der Waals surface area contributed by atoms with Gasteiger partial charge in [0.15, 0.2) is 0 Å². The van der Waals surface area contributed by atoms with Crippen LogP contribution in [-0.2, 0) is 9.47 Å². The van der Waals surface area contributed by atoms with Gasteiger partial charge in [0.05, 0.1) is 25.4 Å². The van der Waals surface area contributed by atoms with Gasteiger partial charge in [0.1, 0.15) is 5.54 Å². The number of hydrogen-bond acceptors (Lipinski definition) is 4. The molecule has 2 unspecified atom stereocenters. The van der Waals surface area contributed by atoms with Gasteiger partial charge < -0.3 is 9.47 Å². The Morgan fingerprint density at radius 1 is 1.47 bits per heavy atom. The summed E-state index contributed by atoms with van der Waals surface area (Å²) in [6.07, 6.45) is 3.99. The molecule has 1 aliphatic carbocycles. The fraction of sp³-hybridized carbons (Fsp3) is 0.923. The Balaban J connectivity index is 2.48. The van der Waals surface area contributed by atoms with Crippen LogP contribution in [0.15, 0.2) is 0 Å². The van der Waals surface area contributed by atoms with Gasteiger partial charge in [0.2, 0.25) is 0 Å². The van der Waals surface area contributed by atoms with Crippen LogP contribution in [0, 0.1) is 11.3 Å². The Morgan fingerprint density at radius 3 is 2.82 bits per heavy atom. The van der Waals surface area contributed by atoms with E-state index in [0.717, 1.165) is 25.7 Å². The van der Waals surface area contributed by atoms with Crippen molar-refractivity contribution in [2.24, 2.45) is 0 Å². The second-order valence-corrected chi connectivity index (χ2v) is 5.07. The highest BCUT2D eigenvalue weighted by molar-refractivity contribution is 5.10. The first-order chi connectivity index (χ1) is 8.12. The third-order valence-corrected chi connectivity index (χ3v) is 3.13. The van der Waals surface area contributed by atoms with Crippen molar-refractivity contribution in [1.82, 2.24) is 5.32 Å². The summed E-state index contributed by atoms with van der Waals surface area (Å²) in [4.78, 5) is 0. The van der Waals surface area contributed by atoms with Crippen LogP contribution in [0.3, 0.4) is 0 Å². The highest BCUT2D eigenvalue weighted by Crippen LogP contribution is 2.30. The van der Waals surface area contributed by atoms with Crippen molar-refractivity contribution in [3.05, 3.63) is 0 Å². The molecule has 2 atom stereocenters. The maximum Gasteiger partial charge on any atom is 0.109 e. The van der Waals surface area contributed by atoms with Gasteiger partial charge >= 0.3 is 0 Å². The van der Waals surface area contributed by atoms with Crippen molar-refractivity contribution in [3.8, 4) is 6.07 Å². The van der Waals surface area contributed by atoms with Crippen LogP contribution in [0.4, 0.5) is 0 Å². The van der Waals surface area contributed by atoms with E-state index in [1.165, 1.54) is 0 Å². The molecule has 0 aromatic rings. The molecule has 0 amide bonds. The number of nitrogens with one attached hydrogen (secondary N) is 1. The number of ether oxygens (including phenoxy) is 2. The lowest BCUT2D eigenvalue weighted by Gasteiger charge is -2.37. The van der Waals surface area contributed by atoms with E-state index in [0.29, 0.717) is 19.3 Å². The zero-order chi connectivity index (χ0) is 12.7. The maximum absolute atomic E-state index is 9.39. The van der Waals surface area contributed by atoms with Crippen LogP contribution in [-0.4, -0.2) is 38.0 Å². The van der Waals surface area contributed by atoms with Gasteiger partial charge in [-0.25, -0.2) is 0 Å². The molecule has 1 saturated carbocycles. The molecular formula is C13H24N2O2. The van der Waals surface area contributed by atoms with Crippen molar-refractivity contribution in [2.75, 3.05) is 20.3 Å². The van der Waals surface area contributed by atoms with Gasteiger partial charge in [0, 0.05) is 19.6 Å². The van der Waals surface area contributed by atoms with Crippen molar-refractivity contribution in [1.29, 1.82) is 5.26 Å². The molecular weight excluding hydrogens is 216 g/mol. The first-order valence-electron chi connectivity index (χ1n) is 6.41. The number of rotatable bonds is 6. The molecule has 1 fully saturated rings. The van der Waals surface area contributed by atoms with E-state index in [2.05, 4.69) is 25.2 Å². The SMILES string of the molecule is COCCOC1CCCC(C#N)(NC(C)C)C1. The minimum Gasteiger partial charge on any atom is -0.382 e. The van der Waals surface area contributed by atoms with Crippen LogP contribution in [0.5, 0.6) is 0 Å². The average molecular weight is 240 g/mol. The highest BCUT2D eigenvalue weighted by atomic mass is 16.5. The topological polar surface area (TPSA) is 54.3 Å². The van der Waals surface area contributed by atoms with E-state index >= 15 is 0 Å². The Labute approximate surface area is 104 Å². The Morgan fingerprint density at radius 2 is 2.24 bits per heavy atom. The monoisotopic (exact) mass is 240 g/mol. The minimum atomic E-state index is -0.399. The molecule has 0 aromatic heterocycles. The van der Waals surface area contributed by atoms with Crippen molar-refractivity contribution < 1.29 is 9.47 Å². The van der Waals surface area contributed by atoms with E-state index in [9.17, 15) is 5.26 Å². The molecule has 1 aliphatic rings. The van der Waals surface area contributed by atoms with Gasteiger partial charge in [0.25, 0.3) is 0 Å². The summed E-state index contributed by atoms with van der Waals surface area (Å²) >= 11 is 0. The second-order valence-electron chi connectivity index (χ2n) is 5.07. The predicted molar refractivity (Wildman–Crippen MR) is 66.7 cm³/mol. The predicted octanol–water partition coefficient (Wildman–Crippen LogP) is 1.85. The quantitative estimate of drug-likeness (QED) is 0.720. The molecule has 4 heteroatoms. The van der Waals surface area contributed by atoms with Crippen molar-refractivity contribution in [3.63, 3.8) is 0 Å². The lowest BCUT2D eigenvalue weighted by molar-refractivity contribution is -0.0150. The molecule has 0 saturated heterocycles. The second kappa shape index (κ2) is 6.95. The first kappa shape index (κ1) is 14.4. The van der Waals surface area contributed by atoms with E-state index in [4.69, 9.17) is 9.47 Å².